The average Bonchev–Trinajstić information content (AvgIpc) is 3.35. The molecular formula is C34H30FNO5. The predicted molar refractivity (Wildman–Crippen MR) is 157 cm³/mol. The van der Waals surface area contributed by atoms with Crippen LogP contribution in [0.25, 0.3) is 33.4 Å². The highest BCUT2D eigenvalue weighted by atomic mass is 19.1. The minimum absolute atomic E-state index is 0.188. The molecular weight excluding hydrogens is 521 g/mol. The number of hydrogen-bond donors (Lipinski definition) is 2. The maximum atomic E-state index is 13.5. The van der Waals surface area contributed by atoms with E-state index in [1.807, 2.05) is 38.1 Å². The SMILES string of the molecule is CC(C)CNC(=O)c1ccc(OCCc2ccc(O)cc2)c(-c2ccc3oc(-c4ccc(F)cc4)c(C=O)c3c2)c1. The number of phenolic OH excluding ortho intramolecular Hbond substituents is 1. The number of benzene rings is 4. The highest BCUT2D eigenvalue weighted by molar-refractivity contribution is 6.04. The fourth-order valence-electron chi connectivity index (χ4n) is 4.58. The molecule has 5 rings (SSSR count). The van der Waals surface area contributed by atoms with E-state index in [0.717, 1.165) is 17.4 Å². The maximum Gasteiger partial charge on any atom is 0.251 e. The van der Waals surface area contributed by atoms with Gasteiger partial charge in [-0.05, 0) is 83.8 Å². The van der Waals surface area contributed by atoms with Crippen molar-refractivity contribution in [2.24, 2.45) is 5.92 Å². The summed E-state index contributed by atoms with van der Waals surface area (Å²) < 4.78 is 25.7. The van der Waals surface area contributed by atoms with Crippen LogP contribution in [0.1, 0.15) is 40.1 Å². The molecule has 0 saturated carbocycles. The fraction of sp³-hybridized carbons (Fsp3) is 0.176. The second-order valence-corrected chi connectivity index (χ2v) is 10.3. The predicted octanol–water partition coefficient (Wildman–Crippen LogP) is 7.43. The zero-order valence-corrected chi connectivity index (χ0v) is 22.8. The largest absolute Gasteiger partial charge is 0.508 e. The Hall–Kier alpha value is -4.91. The zero-order chi connectivity index (χ0) is 28.9. The van der Waals surface area contributed by atoms with Crippen LogP contribution < -0.4 is 10.1 Å². The molecule has 0 radical (unpaired) electrons. The molecule has 5 aromatic rings. The van der Waals surface area contributed by atoms with Gasteiger partial charge >= 0.3 is 0 Å². The van der Waals surface area contributed by atoms with Gasteiger partial charge in [-0.1, -0.05) is 32.0 Å². The number of nitrogens with one attached hydrogen (secondary N) is 1. The van der Waals surface area contributed by atoms with Gasteiger partial charge in [0.05, 0.1) is 12.2 Å². The smallest absolute Gasteiger partial charge is 0.251 e. The van der Waals surface area contributed by atoms with Gasteiger partial charge in [0.1, 0.15) is 28.7 Å². The van der Waals surface area contributed by atoms with Crippen molar-refractivity contribution in [1.29, 1.82) is 0 Å². The number of phenols is 1. The third-order valence-electron chi connectivity index (χ3n) is 6.76. The Morgan fingerprint density at radius 1 is 0.976 bits per heavy atom. The molecule has 0 aliphatic rings. The average molecular weight is 552 g/mol. The summed E-state index contributed by atoms with van der Waals surface area (Å²) in [6, 6.07) is 23.5. The summed E-state index contributed by atoms with van der Waals surface area (Å²) in [4.78, 5) is 25.1. The van der Waals surface area contributed by atoms with Gasteiger partial charge in [-0.15, -0.1) is 0 Å². The van der Waals surface area contributed by atoms with Crippen molar-refractivity contribution in [2.45, 2.75) is 20.3 Å². The summed E-state index contributed by atoms with van der Waals surface area (Å²) in [6.45, 7) is 4.98. The standard InChI is InChI=1S/C34H30FNO5/c1-21(2)19-36-34(39)25-8-13-31(40-16-15-22-3-11-27(38)12-4-22)28(18-25)24-7-14-32-29(17-24)30(20-37)33(41-32)23-5-9-26(35)10-6-23/h3-14,17-18,20-21,38H,15-16,19H2,1-2H3,(H,36,39). The fourth-order valence-corrected chi connectivity index (χ4v) is 4.58. The van der Waals surface area contributed by atoms with Crippen molar-refractivity contribution >= 4 is 23.2 Å². The summed E-state index contributed by atoms with van der Waals surface area (Å²) in [6.07, 6.45) is 1.35. The Bertz CT molecular complexity index is 1690. The van der Waals surface area contributed by atoms with Crippen LogP contribution in [0.3, 0.4) is 0 Å². The van der Waals surface area contributed by atoms with Crippen LogP contribution in [-0.4, -0.2) is 30.5 Å². The van der Waals surface area contributed by atoms with Gasteiger partial charge in [0.2, 0.25) is 0 Å². The minimum Gasteiger partial charge on any atom is -0.508 e. The molecule has 0 bridgehead atoms. The van der Waals surface area contributed by atoms with E-state index < -0.39 is 0 Å². The van der Waals surface area contributed by atoms with Crippen molar-refractivity contribution in [1.82, 2.24) is 5.32 Å². The van der Waals surface area contributed by atoms with Crippen LogP contribution in [0.15, 0.2) is 89.3 Å². The van der Waals surface area contributed by atoms with Crippen LogP contribution in [0.4, 0.5) is 4.39 Å². The number of hydrogen-bond acceptors (Lipinski definition) is 5. The number of fused-ring (bicyclic) bond motifs is 1. The monoisotopic (exact) mass is 551 g/mol. The van der Waals surface area contributed by atoms with Crippen molar-refractivity contribution < 1.29 is 28.2 Å². The molecule has 7 heteroatoms. The van der Waals surface area contributed by atoms with Crippen LogP contribution in [0.2, 0.25) is 0 Å². The summed E-state index contributed by atoms with van der Waals surface area (Å²) in [7, 11) is 0. The van der Waals surface area contributed by atoms with Gasteiger partial charge in [0.25, 0.3) is 5.91 Å². The molecule has 41 heavy (non-hydrogen) atoms. The Labute approximate surface area is 237 Å². The number of aldehydes is 1. The molecule has 0 spiro atoms. The van der Waals surface area contributed by atoms with E-state index in [0.29, 0.717) is 70.2 Å². The van der Waals surface area contributed by atoms with E-state index >= 15 is 0 Å². The lowest BCUT2D eigenvalue weighted by Gasteiger charge is -2.15. The molecule has 4 aromatic carbocycles. The van der Waals surface area contributed by atoms with Gasteiger partial charge in [-0.3, -0.25) is 9.59 Å². The summed E-state index contributed by atoms with van der Waals surface area (Å²) in [5, 5.41) is 13.1. The maximum absolute atomic E-state index is 13.5. The Morgan fingerprint density at radius 3 is 2.41 bits per heavy atom. The minimum atomic E-state index is -0.380. The molecule has 0 unspecified atom stereocenters. The number of furan rings is 1. The molecule has 1 aromatic heterocycles. The van der Waals surface area contributed by atoms with Gasteiger partial charge in [-0.25, -0.2) is 4.39 Å². The highest BCUT2D eigenvalue weighted by Crippen LogP contribution is 2.38. The first-order chi connectivity index (χ1) is 19.8. The van der Waals surface area contributed by atoms with E-state index in [4.69, 9.17) is 9.15 Å². The molecule has 208 valence electrons. The van der Waals surface area contributed by atoms with Gasteiger partial charge < -0.3 is 19.6 Å². The molecule has 0 saturated heterocycles. The summed E-state index contributed by atoms with van der Waals surface area (Å²) >= 11 is 0. The Balaban J connectivity index is 1.52. The Morgan fingerprint density at radius 2 is 1.71 bits per heavy atom. The van der Waals surface area contributed by atoms with Gasteiger partial charge in [-0.2, -0.15) is 0 Å². The molecule has 0 atom stereocenters. The number of carbonyl (C=O) groups is 2. The molecule has 6 nitrogen and oxygen atoms in total. The first-order valence-electron chi connectivity index (χ1n) is 13.4. The molecule has 1 heterocycles. The topological polar surface area (TPSA) is 88.8 Å². The lowest BCUT2D eigenvalue weighted by Crippen LogP contribution is -2.27. The number of ether oxygens (including phenoxy) is 1. The van der Waals surface area contributed by atoms with Crippen LogP contribution in [0, 0.1) is 11.7 Å². The third kappa shape index (κ3) is 6.30. The molecule has 0 fully saturated rings. The first kappa shape index (κ1) is 27.6. The van der Waals surface area contributed by atoms with Crippen molar-refractivity contribution in [3.05, 3.63) is 107 Å². The van der Waals surface area contributed by atoms with E-state index in [-0.39, 0.29) is 17.5 Å². The Kier molecular flexibility index (Phi) is 8.15. The highest BCUT2D eigenvalue weighted by Gasteiger charge is 2.19. The normalized spacial score (nSPS) is 11.1. The number of amides is 1. The molecule has 1 amide bonds. The molecule has 0 aliphatic carbocycles. The van der Waals surface area contributed by atoms with Gasteiger partial charge in [0, 0.05) is 35.0 Å². The third-order valence-corrected chi connectivity index (χ3v) is 6.76. The molecule has 2 N–H and O–H groups in total. The van der Waals surface area contributed by atoms with E-state index in [2.05, 4.69) is 5.32 Å². The van der Waals surface area contributed by atoms with E-state index in [9.17, 15) is 19.1 Å². The lowest BCUT2D eigenvalue weighted by molar-refractivity contribution is 0.0948. The zero-order valence-electron chi connectivity index (χ0n) is 22.8. The second kappa shape index (κ2) is 12.1. The van der Waals surface area contributed by atoms with Crippen LogP contribution in [-0.2, 0) is 6.42 Å². The first-order valence-corrected chi connectivity index (χ1v) is 13.4. The molecule has 0 aliphatic heterocycles. The second-order valence-electron chi connectivity index (χ2n) is 10.3. The van der Waals surface area contributed by atoms with E-state index in [1.54, 1.807) is 48.5 Å². The summed E-state index contributed by atoms with van der Waals surface area (Å²) in [5.74, 6) is 0.886. The quantitative estimate of drug-likeness (QED) is 0.176. The number of rotatable bonds is 10. The van der Waals surface area contributed by atoms with Crippen LogP contribution in [0.5, 0.6) is 11.5 Å². The van der Waals surface area contributed by atoms with Crippen molar-refractivity contribution in [3.63, 3.8) is 0 Å². The number of carbonyl (C=O) groups excluding carboxylic acids is 2. The van der Waals surface area contributed by atoms with Crippen molar-refractivity contribution in [3.8, 4) is 33.9 Å². The number of halogens is 1. The van der Waals surface area contributed by atoms with Crippen molar-refractivity contribution in [2.75, 3.05) is 13.2 Å². The van der Waals surface area contributed by atoms with Crippen LogP contribution >= 0.6 is 0 Å². The number of aromatic hydroxyl groups is 1. The van der Waals surface area contributed by atoms with E-state index in [1.165, 1.54) is 12.1 Å². The summed E-state index contributed by atoms with van der Waals surface area (Å²) in [5.41, 5.74) is 4.39. The van der Waals surface area contributed by atoms with Gasteiger partial charge in [0.15, 0.2) is 6.29 Å². The lowest BCUT2D eigenvalue weighted by atomic mass is 9.98.